The minimum Gasteiger partial charge on any atom is -0.345 e. The van der Waals surface area contributed by atoms with Gasteiger partial charge in [0.05, 0.1) is 0 Å². The molecule has 1 atom stereocenters. The van der Waals surface area contributed by atoms with Crippen LogP contribution in [0.2, 0.25) is 0 Å². The van der Waals surface area contributed by atoms with E-state index in [9.17, 15) is 9.59 Å². The second-order valence-electron chi connectivity index (χ2n) is 4.46. The summed E-state index contributed by atoms with van der Waals surface area (Å²) in [5, 5.41) is 2.68. The van der Waals surface area contributed by atoms with Gasteiger partial charge >= 0.3 is 0 Å². The lowest BCUT2D eigenvalue weighted by Crippen LogP contribution is -2.42. The summed E-state index contributed by atoms with van der Waals surface area (Å²) in [7, 11) is 0. The van der Waals surface area contributed by atoms with Gasteiger partial charge in [0.15, 0.2) is 0 Å². The van der Waals surface area contributed by atoms with Crippen LogP contribution in [0.1, 0.15) is 18.9 Å². The third-order valence-electron chi connectivity index (χ3n) is 3.03. The number of nitrogens with one attached hydrogen (secondary N) is 1. The van der Waals surface area contributed by atoms with Crippen molar-refractivity contribution in [2.75, 3.05) is 11.4 Å². The average molecular weight is 311 g/mol. The molecule has 0 spiro atoms. The Hall–Kier alpha value is -1.36. The highest BCUT2D eigenvalue weighted by atomic mass is 79.9. The van der Waals surface area contributed by atoms with Gasteiger partial charge in [0.1, 0.15) is 6.04 Å². The van der Waals surface area contributed by atoms with E-state index in [0.29, 0.717) is 13.0 Å². The number of hydrogen-bond acceptors (Lipinski definition) is 2. The molecule has 1 fully saturated rings. The highest BCUT2D eigenvalue weighted by Gasteiger charge is 2.27. The van der Waals surface area contributed by atoms with Crippen LogP contribution < -0.4 is 10.2 Å². The van der Waals surface area contributed by atoms with E-state index in [1.807, 2.05) is 25.1 Å². The second kappa shape index (κ2) is 5.10. The molecular formula is C13H15BrN2O2. The molecule has 1 saturated heterocycles. The second-order valence-corrected chi connectivity index (χ2v) is 5.32. The molecule has 1 N–H and O–H groups in total. The zero-order chi connectivity index (χ0) is 13.3. The summed E-state index contributed by atoms with van der Waals surface area (Å²) < 4.78 is 1.01. The van der Waals surface area contributed by atoms with Gasteiger partial charge in [-0.15, -0.1) is 0 Å². The lowest BCUT2D eigenvalue weighted by Gasteiger charge is -2.23. The molecule has 0 aromatic heterocycles. The number of hydrogen-bond donors (Lipinski definition) is 1. The number of anilines is 1. The molecule has 0 aliphatic carbocycles. The van der Waals surface area contributed by atoms with Crippen LogP contribution in [0.15, 0.2) is 22.7 Å². The predicted octanol–water partition coefficient (Wildman–Crippen LogP) is 2.00. The number of carbonyl (C=O) groups excluding carboxylic acids is 2. The van der Waals surface area contributed by atoms with Crippen molar-refractivity contribution in [1.29, 1.82) is 0 Å². The first-order valence-corrected chi connectivity index (χ1v) is 6.65. The first-order valence-electron chi connectivity index (χ1n) is 5.86. The van der Waals surface area contributed by atoms with Gasteiger partial charge in [-0.1, -0.05) is 15.9 Å². The molecule has 1 aliphatic rings. The monoisotopic (exact) mass is 310 g/mol. The van der Waals surface area contributed by atoms with Crippen molar-refractivity contribution in [2.45, 2.75) is 26.3 Å². The maximum Gasteiger partial charge on any atom is 0.249 e. The van der Waals surface area contributed by atoms with Crippen LogP contribution in [0.5, 0.6) is 0 Å². The highest BCUT2D eigenvalue weighted by Crippen LogP contribution is 2.24. The first kappa shape index (κ1) is 13.1. The molecule has 0 radical (unpaired) electrons. The molecule has 5 heteroatoms. The molecular weight excluding hydrogens is 296 g/mol. The van der Waals surface area contributed by atoms with E-state index in [-0.39, 0.29) is 11.8 Å². The van der Waals surface area contributed by atoms with Gasteiger partial charge in [-0.05, 0) is 37.6 Å². The van der Waals surface area contributed by atoms with E-state index >= 15 is 0 Å². The Morgan fingerprint density at radius 2 is 2.11 bits per heavy atom. The lowest BCUT2D eigenvalue weighted by molar-refractivity contribution is -0.125. The molecule has 4 nitrogen and oxygen atoms in total. The van der Waals surface area contributed by atoms with Crippen molar-refractivity contribution in [3.63, 3.8) is 0 Å². The van der Waals surface area contributed by atoms with Crippen molar-refractivity contribution in [3.05, 3.63) is 28.2 Å². The van der Waals surface area contributed by atoms with E-state index in [1.165, 1.54) is 0 Å². The summed E-state index contributed by atoms with van der Waals surface area (Å²) >= 11 is 3.44. The lowest BCUT2D eigenvalue weighted by atomic mass is 10.2. The summed E-state index contributed by atoms with van der Waals surface area (Å²) in [6.45, 7) is 4.11. The van der Waals surface area contributed by atoms with Gasteiger partial charge in [0, 0.05) is 23.1 Å². The average Bonchev–Trinajstić information content (AvgIpc) is 2.44. The number of halogens is 1. The van der Waals surface area contributed by atoms with Crippen LogP contribution in [0.4, 0.5) is 5.69 Å². The molecule has 2 amide bonds. The van der Waals surface area contributed by atoms with Crippen molar-refractivity contribution >= 4 is 33.4 Å². The molecule has 1 heterocycles. The minimum absolute atomic E-state index is 0.0671. The van der Waals surface area contributed by atoms with E-state index in [1.54, 1.807) is 11.8 Å². The van der Waals surface area contributed by atoms with Crippen LogP contribution >= 0.6 is 15.9 Å². The maximum atomic E-state index is 12.2. The van der Waals surface area contributed by atoms with Crippen molar-refractivity contribution < 1.29 is 9.59 Å². The van der Waals surface area contributed by atoms with Crippen LogP contribution in [0, 0.1) is 6.92 Å². The number of rotatable bonds is 1. The Morgan fingerprint density at radius 3 is 2.78 bits per heavy atom. The van der Waals surface area contributed by atoms with E-state index < -0.39 is 6.04 Å². The number of benzene rings is 1. The fourth-order valence-electron chi connectivity index (χ4n) is 1.99. The fourth-order valence-corrected chi connectivity index (χ4v) is 2.23. The molecule has 0 saturated carbocycles. The third-order valence-corrected chi connectivity index (χ3v) is 3.92. The standard InChI is InChI=1S/C13H15BrN2O2/c1-8-7-10(3-4-11(8)14)16-6-5-12(17)15-9(2)13(16)18/h3-4,7,9H,5-6H2,1-2H3,(H,15,17). The zero-order valence-corrected chi connectivity index (χ0v) is 12.0. The molecule has 1 aliphatic heterocycles. The number of carbonyl (C=O) groups is 2. The Bertz CT molecular complexity index is 502. The normalized spacial score (nSPS) is 20.6. The van der Waals surface area contributed by atoms with E-state index in [4.69, 9.17) is 0 Å². The van der Waals surface area contributed by atoms with Gasteiger partial charge in [-0.2, -0.15) is 0 Å². The Labute approximate surface area is 114 Å². The van der Waals surface area contributed by atoms with Gasteiger partial charge in [-0.25, -0.2) is 0 Å². The van der Waals surface area contributed by atoms with Crippen molar-refractivity contribution in [1.82, 2.24) is 5.32 Å². The van der Waals surface area contributed by atoms with Crippen LogP contribution in [-0.2, 0) is 9.59 Å². The van der Waals surface area contributed by atoms with E-state index in [0.717, 1.165) is 15.7 Å². The summed E-state index contributed by atoms with van der Waals surface area (Å²) in [5.74, 6) is -0.144. The van der Waals surface area contributed by atoms with Crippen LogP contribution in [-0.4, -0.2) is 24.4 Å². The largest absolute Gasteiger partial charge is 0.345 e. The number of nitrogens with zero attached hydrogens (tertiary/aromatic N) is 1. The molecule has 2 rings (SSSR count). The van der Waals surface area contributed by atoms with Gasteiger partial charge < -0.3 is 10.2 Å². The number of aryl methyl sites for hydroxylation is 1. The first-order chi connectivity index (χ1) is 8.49. The van der Waals surface area contributed by atoms with Gasteiger partial charge in [-0.3, -0.25) is 9.59 Å². The maximum absolute atomic E-state index is 12.2. The molecule has 1 aromatic carbocycles. The quantitative estimate of drug-likeness (QED) is 0.862. The Kier molecular flexibility index (Phi) is 3.71. The Balaban J connectivity index is 2.33. The summed E-state index contributed by atoms with van der Waals surface area (Å²) in [5.41, 5.74) is 1.90. The third kappa shape index (κ3) is 2.56. The summed E-state index contributed by atoms with van der Waals surface area (Å²) in [6.07, 6.45) is 0.338. The topological polar surface area (TPSA) is 49.4 Å². The fraction of sp³-hybridized carbons (Fsp3) is 0.385. The van der Waals surface area contributed by atoms with Crippen LogP contribution in [0.25, 0.3) is 0 Å². The summed E-state index contributed by atoms with van der Waals surface area (Å²) in [6, 6.07) is 5.29. The Morgan fingerprint density at radius 1 is 1.39 bits per heavy atom. The van der Waals surface area contributed by atoms with Gasteiger partial charge in [0.25, 0.3) is 0 Å². The molecule has 0 bridgehead atoms. The van der Waals surface area contributed by atoms with E-state index in [2.05, 4.69) is 21.2 Å². The molecule has 1 unspecified atom stereocenters. The minimum atomic E-state index is -0.469. The summed E-state index contributed by atoms with van der Waals surface area (Å²) in [4.78, 5) is 25.3. The van der Waals surface area contributed by atoms with Crippen molar-refractivity contribution in [2.24, 2.45) is 0 Å². The molecule has 18 heavy (non-hydrogen) atoms. The van der Waals surface area contributed by atoms with Crippen LogP contribution in [0.3, 0.4) is 0 Å². The van der Waals surface area contributed by atoms with Gasteiger partial charge in [0.2, 0.25) is 11.8 Å². The zero-order valence-electron chi connectivity index (χ0n) is 10.4. The van der Waals surface area contributed by atoms with Crippen molar-refractivity contribution in [3.8, 4) is 0 Å². The number of amides is 2. The smallest absolute Gasteiger partial charge is 0.249 e. The highest BCUT2D eigenvalue weighted by molar-refractivity contribution is 9.10. The molecule has 96 valence electrons. The predicted molar refractivity (Wildman–Crippen MR) is 73.5 cm³/mol. The SMILES string of the molecule is Cc1cc(N2CCC(=O)NC(C)C2=O)ccc1Br. The molecule has 1 aromatic rings.